The van der Waals surface area contributed by atoms with E-state index in [1.807, 2.05) is 0 Å². The largest absolute Gasteiger partial charge is 0.457 e. The summed E-state index contributed by atoms with van der Waals surface area (Å²) in [5.74, 6) is -0.312. The monoisotopic (exact) mass is 675 g/mol. The number of esters is 1. The molecule has 47 heavy (non-hydrogen) atoms. The quantitative estimate of drug-likeness (QED) is 0.0412. The van der Waals surface area contributed by atoms with Crippen LogP contribution >= 0.6 is 0 Å². The van der Waals surface area contributed by atoms with E-state index in [9.17, 15) is 25.2 Å². The van der Waals surface area contributed by atoms with Gasteiger partial charge in [-0.2, -0.15) is 0 Å². The zero-order chi connectivity index (χ0) is 34.4. The van der Waals surface area contributed by atoms with Gasteiger partial charge in [-0.05, 0) is 12.8 Å². The number of aliphatic hydroxyl groups is 4. The molecule has 0 spiro atoms. The molecule has 6 unspecified atom stereocenters. The Labute approximate surface area is 287 Å². The maximum Gasteiger partial charge on any atom is 0.306 e. The smallest absolute Gasteiger partial charge is 0.306 e. The third kappa shape index (κ3) is 23.3. The molecule has 9 nitrogen and oxygen atoms in total. The van der Waals surface area contributed by atoms with E-state index >= 15 is 0 Å². The van der Waals surface area contributed by atoms with Crippen molar-refractivity contribution in [1.82, 2.24) is 0 Å². The summed E-state index contributed by atoms with van der Waals surface area (Å²) >= 11 is 0. The normalized spacial score (nSPS) is 22.0. The zero-order valence-electron chi connectivity index (χ0n) is 30.3. The zero-order valence-corrected chi connectivity index (χ0v) is 30.3. The number of unbranched alkanes of at least 4 members (excludes halogenated alkanes) is 22. The van der Waals surface area contributed by atoms with Gasteiger partial charge >= 0.3 is 5.97 Å². The van der Waals surface area contributed by atoms with Crippen molar-refractivity contribution in [3.05, 3.63) is 0 Å². The number of hydrogen-bond donors (Lipinski definition) is 4. The number of carbonyl (C=O) groups is 1. The summed E-state index contributed by atoms with van der Waals surface area (Å²) in [4.78, 5) is 12.7. The van der Waals surface area contributed by atoms with Crippen molar-refractivity contribution in [2.75, 3.05) is 26.4 Å². The molecule has 0 radical (unpaired) electrons. The van der Waals surface area contributed by atoms with E-state index in [1.54, 1.807) is 0 Å². The van der Waals surface area contributed by atoms with E-state index < -0.39 is 43.4 Å². The first kappa shape index (κ1) is 44.2. The van der Waals surface area contributed by atoms with E-state index in [0.29, 0.717) is 13.0 Å². The van der Waals surface area contributed by atoms with Gasteiger partial charge in [0.1, 0.15) is 30.5 Å². The van der Waals surface area contributed by atoms with Crippen molar-refractivity contribution in [3.63, 3.8) is 0 Å². The molecule has 1 rings (SSSR count). The number of aliphatic hydroxyl groups excluding tert-OH is 4. The Bertz CT molecular complexity index is 692. The summed E-state index contributed by atoms with van der Waals surface area (Å²) in [6.07, 6.45) is 22.6. The van der Waals surface area contributed by atoms with Crippen LogP contribution in [-0.2, 0) is 23.7 Å². The summed E-state index contributed by atoms with van der Waals surface area (Å²) in [6, 6.07) is 0. The van der Waals surface area contributed by atoms with Gasteiger partial charge in [0.15, 0.2) is 6.29 Å². The molecule has 1 saturated heterocycles. The SMILES string of the molecule is CCCCCCCCCCCCCCCOCC(COC1OC(CO)C(O)C(O)C1O)OC(=O)CCCCCCCCCCCCC. The van der Waals surface area contributed by atoms with Gasteiger partial charge in [0.2, 0.25) is 0 Å². The highest BCUT2D eigenvalue weighted by Gasteiger charge is 2.44. The molecule has 0 saturated carbocycles. The van der Waals surface area contributed by atoms with Crippen molar-refractivity contribution in [3.8, 4) is 0 Å². The predicted molar refractivity (Wildman–Crippen MR) is 187 cm³/mol. The van der Waals surface area contributed by atoms with Crippen LogP contribution in [0.3, 0.4) is 0 Å². The first-order valence-corrected chi connectivity index (χ1v) is 19.6. The van der Waals surface area contributed by atoms with Crippen LogP contribution in [0.5, 0.6) is 0 Å². The van der Waals surface area contributed by atoms with Crippen LogP contribution in [0.4, 0.5) is 0 Å². The Morgan fingerprint density at radius 3 is 1.51 bits per heavy atom. The molecule has 1 aliphatic heterocycles. The molecule has 0 aromatic carbocycles. The Kier molecular flexibility index (Phi) is 29.3. The van der Waals surface area contributed by atoms with Crippen molar-refractivity contribution >= 4 is 5.97 Å². The summed E-state index contributed by atoms with van der Waals surface area (Å²) in [5.41, 5.74) is 0. The molecule has 1 aliphatic rings. The van der Waals surface area contributed by atoms with Gasteiger partial charge in [-0.25, -0.2) is 0 Å². The Morgan fingerprint density at radius 1 is 0.596 bits per heavy atom. The van der Waals surface area contributed by atoms with Gasteiger partial charge in [-0.3, -0.25) is 4.79 Å². The fourth-order valence-electron chi connectivity index (χ4n) is 6.14. The highest BCUT2D eigenvalue weighted by atomic mass is 16.7. The van der Waals surface area contributed by atoms with Crippen LogP contribution in [0.15, 0.2) is 0 Å². The number of rotatable bonds is 33. The first-order valence-electron chi connectivity index (χ1n) is 19.6. The molecule has 0 aromatic heterocycles. The molecule has 0 aliphatic carbocycles. The second-order valence-electron chi connectivity index (χ2n) is 13.7. The molecular weight excluding hydrogens is 600 g/mol. The van der Waals surface area contributed by atoms with Crippen LogP contribution in [0.1, 0.15) is 174 Å². The van der Waals surface area contributed by atoms with E-state index in [4.69, 9.17) is 18.9 Å². The van der Waals surface area contributed by atoms with Gasteiger partial charge in [0.05, 0.1) is 19.8 Å². The van der Waals surface area contributed by atoms with Gasteiger partial charge in [0, 0.05) is 13.0 Å². The molecule has 6 atom stereocenters. The molecule has 0 aromatic rings. The minimum absolute atomic E-state index is 0.106. The van der Waals surface area contributed by atoms with E-state index in [0.717, 1.165) is 32.1 Å². The van der Waals surface area contributed by atoms with Crippen LogP contribution in [0, 0.1) is 0 Å². The standard InChI is InChI=1S/C38H74O9/c1-3-5-7-9-11-13-15-16-18-20-22-24-26-28-44-30-32(31-45-38-37(43)36(42)35(41)33(29-39)47-38)46-34(40)27-25-23-21-19-17-14-12-10-8-6-4-2/h32-33,35-39,41-43H,3-31H2,1-2H3. The third-order valence-electron chi connectivity index (χ3n) is 9.27. The lowest BCUT2D eigenvalue weighted by atomic mass is 9.99. The second-order valence-corrected chi connectivity index (χ2v) is 13.7. The van der Waals surface area contributed by atoms with Crippen molar-refractivity contribution in [2.45, 2.75) is 211 Å². The lowest BCUT2D eigenvalue weighted by molar-refractivity contribution is -0.305. The van der Waals surface area contributed by atoms with E-state index in [2.05, 4.69) is 13.8 Å². The first-order chi connectivity index (χ1) is 22.9. The minimum atomic E-state index is -1.53. The summed E-state index contributed by atoms with van der Waals surface area (Å²) in [7, 11) is 0. The van der Waals surface area contributed by atoms with Gasteiger partial charge in [0.25, 0.3) is 0 Å². The maximum absolute atomic E-state index is 12.7. The topological polar surface area (TPSA) is 135 Å². The Morgan fingerprint density at radius 2 is 1.04 bits per heavy atom. The van der Waals surface area contributed by atoms with Crippen LogP contribution in [-0.4, -0.2) is 89.6 Å². The van der Waals surface area contributed by atoms with Crippen molar-refractivity contribution in [1.29, 1.82) is 0 Å². The van der Waals surface area contributed by atoms with Crippen LogP contribution in [0.25, 0.3) is 0 Å². The van der Waals surface area contributed by atoms with E-state index in [-0.39, 0.29) is 19.2 Å². The molecule has 280 valence electrons. The number of hydrogen-bond acceptors (Lipinski definition) is 9. The average Bonchev–Trinajstić information content (AvgIpc) is 3.07. The number of ether oxygens (including phenoxy) is 4. The summed E-state index contributed by atoms with van der Waals surface area (Å²) < 4.78 is 22.7. The molecule has 0 bridgehead atoms. The fraction of sp³-hybridized carbons (Fsp3) is 0.974. The second kappa shape index (κ2) is 31.2. The van der Waals surface area contributed by atoms with Gasteiger partial charge in [-0.1, -0.05) is 155 Å². The van der Waals surface area contributed by atoms with Crippen LogP contribution in [0.2, 0.25) is 0 Å². The third-order valence-corrected chi connectivity index (χ3v) is 9.27. The lowest BCUT2D eigenvalue weighted by Crippen LogP contribution is -2.59. The van der Waals surface area contributed by atoms with Gasteiger partial charge in [-0.15, -0.1) is 0 Å². The van der Waals surface area contributed by atoms with Crippen molar-refractivity contribution in [2.24, 2.45) is 0 Å². The predicted octanol–water partition coefficient (Wildman–Crippen LogP) is 7.52. The molecule has 4 N–H and O–H groups in total. The van der Waals surface area contributed by atoms with Gasteiger partial charge < -0.3 is 39.4 Å². The molecule has 1 heterocycles. The average molecular weight is 675 g/mol. The van der Waals surface area contributed by atoms with Crippen molar-refractivity contribution < 1.29 is 44.2 Å². The maximum atomic E-state index is 12.7. The molecule has 9 heteroatoms. The Hall–Kier alpha value is -0.810. The van der Waals surface area contributed by atoms with E-state index in [1.165, 1.54) is 122 Å². The molecule has 0 amide bonds. The summed E-state index contributed by atoms with van der Waals surface area (Å²) in [5, 5.41) is 39.9. The highest BCUT2D eigenvalue weighted by Crippen LogP contribution is 2.22. The molecular formula is C38H74O9. The number of carbonyl (C=O) groups excluding carboxylic acids is 1. The Balaban J connectivity index is 2.31. The minimum Gasteiger partial charge on any atom is -0.457 e. The highest BCUT2D eigenvalue weighted by molar-refractivity contribution is 5.69. The fourth-order valence-corrected chi connectivity index (χ4v) is 6.14. The summed E-state index contributed by atoms with van der Waals surface area (Å²) in [6.45, 7) is 4.57. The molecule has 1 fully saturated rings. The lowest BCUT2D eigenvalue weighted by Gasteiger charge is -2.39. The van der Waals surface area contributed by atoms with Crippen LogP contribution < -0.4 is 0 Å².